The van der Waals surface area contributed by atoms with Gasteiger partial charge in [-0.1, -0.05) is 5.21 Å². The molecule has 21 N–H and O–H groups in total. The third-order valence-corrected chi connectivity index (χ3v) is 15.9. The maximum Gasteiger partial charge on any atom is 0.184 e. The number of anilines is 1. The van der Waals surface area contributed by atoms with Crippen molar-refractivity contribution in [1.82, 2.24) is 39.8 Å². The summed E-state index contributed by atoms with van der Waals surface area (Å²) in [5, 5.41) is 85.7. The molecule has 3 aromatic heterocycles. The van der Waals surface area contributed by atoms with Crippen LogP contribution in [0.1, 0.15) is 25.0 Å². The van der Waals surface area contributed by atoms with E-state index >= 15 is 0 Å². The quantitative estimate of drug-likeness (QED) is 0.0352. The number of H-pyrrole nitrogens is 2. The van der Waals surface area contributed by atoms with E-state index in [-0.39, 0.29) is 45.5 Å². The van der Waals surface area contributed by atoms with Crippen molar-refractivity contribution in [1.29, 1.82) is 0 Å². The predicted molar refractivity (Wildman–Crippen MR) is 287 cm³/mol. The molecule has 0 amide bonds. The van der Waals surface area contributed by atoms with Crippen molar-refractivity contribution >= 4 is 27.8 Å². The van der Waals surface area contributed by atoms with Gasteiger partial charge >= 0.3 is 0 Å². The zero-order chi connectivity index (χ0) is 55.8. The smallest absolute Gasteiger partial charge is 0.184 e. The van der Waals surface area contributed by atoms with Gasteiger partial charge in [-0.25, -0.2) is 14.6 Å². The number of nitrogens with zero attached hydrogens (tertiary/aromatic N) is 7. The summed E-state index contributed by atoms with van der Waals surface area (Å²) in [6.07, 6.45) is -16.2. The number of aliphatic hydroxyl groups is 7. The lowest BCUT2D eigenvalue weighted by Gasteiger charge is -2.47. The first-order valence-electron chi connectivity index (χ1n) is 26.8. The highest BCUT2D eigenvalue weighted by Gasteiger charge is 2.53. The number of ether oxygens (including phenoxy) is 5. The number of aliphatic hydroxyl groups excluding tert-OH is 7. The Morgan fingerprint density at radius 3 is 2.10 bits per heavy atom. The average Bonchev–Trinajstić information content (AvgIpc) is 4.33. The van der Waals surface area contributed by atoms with E-state index in [2.05, 4.69) is 55.3 Å². The van der Waals surface area contributed by atoms with Crippen molar-refractivity contribution in [2.75, 3.05) is 51.2 Å². The van der Waals surface area contributed by atoms with Gasteiger partial charge in [0.25, 0.3) is 0 Å². The van der Waals surface area contributed by atoms with Gasteiger partial charge in [0.05, 0.1) is 77.4 Å². The van der Waals surface area contributed by atoms with Gasteiger partial charge in [-0.05, 0) is 93.5 Å². The van der Waals surface area contributed by atoms with Gasteiger partial charge in [0.2, 0.25) is 0 Å². The van der Waals surface area contributed by atoms with Crippen LogP contribution in [-0.2, 0) is 32.1 Å². The van der Waals surface area contributed by atoms with Crippen molar-refractivity contribution in [3.63, 3.8) is 0 Å². The number of likely N-dealkylation sites (N-methyl/N-ethyl adjacent to an activating group) is 1. The Hall–Kier alpha value is -5.38. The summed E-state index contributed by atoms with van der Waals surface area (Å²) >= 11 is 0. The van der Waals surface area contributed by atoms with Gasteiger partial charge in [0, 0.05) is 67.5 Å². The van der Waals surface area contributed by atoms with Crippen LogP contribution in [0.4, 0.5) is 5.69 Å². The number of imidazole rings is 2. The van der Waals surface area contributed by atoms with Gasteiger partial charge in [-0.2, -0.15) is 0 Å². The first-order chi connectivity index (χ1) is 38.0. The summed E-state index contributed by atoms with van der Waals surface area (Å²) in [4.78, 5) is 21.4. The number of benzene rings is 3. The van der Waals surface area contributed by atoms with Crippen molar-refractivity contribution < 1.29 is 59.4 Å². The molecule has 27 heteroatoms. The lowest BCUT2D eigenvalue weighted by atomic mass is 9.84. The Bertz CT molecular complexity index is 2940. The van der Waals surface area contributed by atoms with Gasteiger partial charge in [-0.15, -0.1) is 5.10 Å². The summed E-state index contributed by atoms with van der Waals surface area (Å²) in [5.74, 6) is 1.05. The summed E-state index contributed by atoms with van der Waals surface area (Å²) in [6.45, 7) is 3.90. The number of nitrogens with two attached hydrogens (primary N) is 6. The van der Waals surface area contributed by atoms with E-state index in [9.17, 15) is 35.7 Å². The van der Waals surface area contributed by atoms with Crippen LogP contribution in [0, 0.1) is 5.92 Å². The predicted octanol–water partition coefficient (Wildman–Crippen LogP) is -3.53. The molecule has 0 bridgehead atoms. The summed E-state index contributed by atoms with van der Waals surface area (Å²) in [5.41, 5.74) is 43.6. The van der Waals surface area contributed by atoms with E-state index in [0.29, 0.717) is 17.3 Å². The van der Waals surface area contributed by atoms with E-state index < -0.39 is 110 Å². The minimum atomic E-state index is -1.56. The third kappa shape index (κ3) is 12.3. The fraction of sp³-hybridized carbons (Fsp3) is 0.577. The summed E-state index contributed by atoms with van der Waals surface area (Å²) in [7, 11) is 2.15. The molecule has 3 aromatic carbocycles. The normalized spacial score (nSPS) is 31.4. The number of aromatic nitrogens is 7. The zero-order valence-corrected chi connectivity index (χ0v) is 43.8. The number of hydrogen-bond donors (Lipinski definition) is 15. The molecular formula is C52H75N15O12. The number of nitrogens with one attached hydrogen (secondary N) is 2. The number of aromatic amines is 2. The molecule has 79 heavy (non-hydrogen) atoms. The maximum atomic E-state index is 11.9. The average molecular weight is 1100 g/mol. The Labute approximate surface area is 454 Å². The molecule has 1 aliphatic carbocycles. The monoisotopic (exact) mass is 1100 g/mol. The molecule has 6 aromatic rings. The first-order valence-corrected chi connectivity index (χ1v) is 26.8. The molecule has 4 aliphatic rings. The van der Waals surface area contributed by atoms with Crippen LogP contribution in [0.2, 0.25) is 0 Å². The SMILES string of the molecule is CN1CCN(c2ccc3nc(-c4ccc5nc(-c6ccc(OCc7cn(C[C@H]8O[C@@H](OC9[C@H](O[C@@H]%10OC(CN)[C@@H](O)[C@H](O)C%10N)C(N)C[C@@H](N)[C@H]9O)[C@@H](O)C8C[C@@H](O)C(N)C(O)[C@H](O)CCN)nn7)cc6)[nH]c5c4)[nH]c3c2)CC1. The van der Waals surface area contributed by atoms with Crippen molar-refractivity contribution in [2.45, 2.75) is 136 Å². The number of rotatable bonds is 20. The van der Waals surface area contributed by atoms with Gasteiger partial charge in [-0.3, -0.25) is 0 Å². The molecule has 27 nitrogen and oxygen atoms in total. The Kier molecular flexibility index (Phi) is 17.5. The molecular weight excluding hydrogens is 1030 g/mol. The van der Waals surface area contributed by atoms with E-state index in [1.54, 1.807) is 6.20 Å². The second-order valence-electron chi connectivity index (χ2n) is 21.4. The van der Waals surface area contributed by atoms with Gasteiger partial charge in [0.15, 0.2) is 12.6 Å². The minimum Gasteiger partial charge on any atom is -0.487 e. The number of hydrogen-bond acceptors (Lipinski definition) is 24. The molecule has 1 saturated carbocycles. The third-order valence-electron chi connectivity index (χ3n) is 15.9. The lowest BCUT2D eigenvalue weighted by Crippen LogP contribution is -2.68. The van der Waals surface area contributed by atoms with E-state index in [1.165, 1.54) is 10.4 Å². The molecule has 18 atom stereocenters. The highest BCUT2D eigenvalue weighted by atomic mass is 16.7. The van der Waals surface area contributed by atoms with Gasteiger partial charge < -0.3 is 114 Å². The van der Waals surface area contributed by atoms with Crippen molar-refractivity contribution in [2.24, 2.45) is 40.3 Å². The summed E-state index contributed by atoms with van der Waals surface area (Å²) < 4.78 is 32.3. The Balaban J connectivity index is 0.797. The van der Waals surface area contributed by atoms with Crippen LogP contribution in [-0.4, -0.2) is 226 Å². The fourth-order valence-corrected chi connectivity index (χ4v) is 11.0. The Morgan fingerprint density at radius 1 is 0.734 bits per heavy atom. The van der Waals surface area contributed by atoms with Crippen LogP contribution >= 0.6 is 0 Å². The fourth-order valence-electron chi connectivity index (χ4n) is 11.0. The first kappa shape index (κ1) is 56.9. The highest BCUT2D eigenvalue weighted by molar-refractivity contribution is 5.87. The molecule has 10 rings (SSSR count). The molecule has 6 heterocycles. The topological polar surface area (TPSA) is 438 Å². The second kappa shape index (κ2) is 24.4. The molecule has 7 unspecified atom stereocenters. The van der Waals surface area contributed by atoms with Crippen LogP contribution in [0.5, 0.6) is 5.75 Å². The van der Waals surface area contributed by atoms with Crippen molar-refractivity contribution in [3.05, 3.63) is 72.6 Å². The largest absolute Gasteiger partial charge is 0.487 e. The molecule has 4 fully saturated rings. The van der Waals surface area contributed by atoms with E-state index in [1.807, 2.05) is 42.5 Å². The number of piperazine rings is 1. The molecule has 0 spiro atoms. The van der Waals surface area contributed by atoms with Crippen LogP contribution in [0.15, 0.2) is 66.9 Å². The van der Waals surface area contributed by atoms with E-state index in [0.717, 1.165) is 65.2 Å². The Morgan fingerprint density at radius 2 is 1.39 bits per heavy atom. The summed E-state index contributed by atoms with van der Waals surface area (Å²) in [6, 6.07) is 15.4. The van der Waals surface area contributed by atoms with Crippen molar-refractivity contribution in [3.8, 4) is 28.5 Å². The molecule has 0 radical (unpaired) electrons. The second-order valence-corrected chi connectivity index (χ2v) is 21.4. The molecule has 3 saturated heterocycles. The zero-order valence-electron chi connectivity index (χ0n) is 43.8. The lowest BCUT2D eigenvalue weighted by molar-refractivity contribution is -0.306. The van der Waals surface area contributed by atoms with E-state index in [4.69, 9.17) is 68.1 Å². The van der Waals surface area contributed by atoms with Crippen LogP contribution in [0.3, 0.4) is 0 Å². The van der Waals surface area contributed by atoms with Gasteiger partial charge in [0.1, 0.15) is 66.3 Å². The standard InChI is InChI=1S/C52H75N15O12/c1-65-12-14-66(15-13-65)27-5-9-33-35(17-27)62-50(60-33)25-4-8-32-34(16-25)61-49(59-32)24-2-6-28(7-3-24)75-23-26-21-67(64-63-26)22-39-29(18-37(69)40(57)44(72)36(68)10-11-53)42(70)52(77-39)79-48-43(71)30(55)19-31(56)47(48)78-51-41(58)46(74)45(73)38(20-54)76-51/h2-9,16-17,21,29-31,36-48,51-52,68-74H,10-15,18-20,22-23,53-58H2,1H3,(H,59,61)(H,60,62)/t29?,30-,31?,36-,37-,38?,39-,40?,41?,42+,43-,44?,45-,46-,47-,48?,51+,52+/m1/s1. The minimum absolute atomic E-state index is 0.0217. The van der Waals surface area contributed by atoms with Crippen LogP contribution in [0.25, 0.3) is 44.8 Å². The number of fused-ring (bicyclic) bond motifs is 2. The van der Waals surface area contributed by atoms with Crippen LogP contribution < -0.4 is 44.0 Å². The molecule has 430 valence electrons. The molecule has 3 aliphatic heterocycles. The highest BCUT2D eigenvalue weighted by Crippen LogP contribution is 2.37. The maximum absolute atomic E-state index is 11.9.